The number of methoxy groups -OCH3 is 2. The number of carbonyl (C=O) groups is 1. The van der Waals surface area contributed by atoms with E-state index in [0.717, 1.165) is 60.7 Å². The van der Waals surface area contributed by atoms with Crippen LogP contribution in [0.1, 0.15) is 66.4 Å². The molecule has 0 unspecified atom stereocenters. The molecule has 2 aliphatic rings. The molecular formula is C33H52Cl3FN2O4. The number of nitrogens with zero attached hydrogens (tertiary/aromatic N) is 1. The molecule has 0 radical (unpaired) electrons. The Kier molecular flexibility index (Phi) is 19.4. The molecule has 1 amide bonds. The summed E-state index contributed by atoms with van der Waals surface area (Å²) in [5.74, 6) is 0. The molecular weight excluding hydrogens is 614 g/mol. The van der Waals surface area contributed by atoms with E-state index < -0.39 is 12.8 Å². The first kappa shape index (κ1) is 39.4. The van der Waals surface area contributed by atoms with Crippen molar-refractivity contribution >= 4 is 41.7 Å². The first-order chi connectivity index (χ1) is 20.0. The van der Waals surface area contributed by atoms with Gasteiger partial charge in [0.25, 0.3) is 0 Å². The third-order valence-corrected chi connectivity index (χ3v) is 7.69. The average molecular weight is 667 g/mol. The largest absolute Gasteiger partial charge is 0.444 e. The summed E-state index contributed by atoms with van der Waals surface area (Å²) in [4.78, 5) is 14.3. The minimum Gasteiger partial charge on any atom is -0.444 e. The molecule has 2 aromatic rings. The molecule has 0 bridgehead atoms. The third kappa shape index (κ3) is 15.3. The molecule has 43 heavy (non-hydrogen) atoms. The van der Waals surface area contributed by atoms with E-state index in [-0.39, 0.29) is 38.1 Å². The number of amides is 1. The standard InChI is InChI=1S/C18H26ClNO3.C13H18ClNO.CH3F.CH4.ClH/c1-18(2,3)23-17(21)20-10-9-16(22-4)12-15(20)11-13-5-7-14(19)8-6-13;1-16-13-6-7-15-12(9-13)8-10-2-4-11(14)5-3-10;1-2;;/h5-8,15-16H,9-12H2,1-4H3;2-5,12-13,15H,6-9H2,1H3;1H3;1H4;1H/t15-,16+;12-,13+;;;/m00.../s1/i;;1D;;. The van der Waals surface area contributed by atoms with E-state index >= 15 is 0 Å². The molecule has 2 fully saturated rings. The van der Waals surface area contributed by atoms with Crippen molar-refractivity contribution in [2.45, 2.75) is 96.6 Å². The van der Waals surface area contributed by atoms with Crippen LogP contribution in [-0.2, 0) is 27.1 Å². The van der Waals surface area contributed by atoms with Gasteiger partial charge in [0.1, 0.15) is 5.60 Å². The van der Waals surface area contributed by atoms with Crippen LogP contribution in [0.4, 0.5) is 9.18 Å². The van der Waals surface area contributed by atoms with E-state index in [1.807, 2.05) is 62.1 Å². The van der Waals surface area contributed by atoms with Gasteiger partial charge in [-0.05, 0) is 101 Å². The lowest BCUT2D eigenvalue weighted by molar-refractivity contribution is -0.0177. The van der Waals surface area contributed by atoms with E-state index in [2.05, 4.69) is 17.4 Å². The van der Waals surface area contributed by atoms with Crippen LogP contribution in [0.2, 0.25) is 10.0 Å². The van der Waals surface area contributed by atoms with Gasteiger partial charge in [-0.2, -0.15) is 0 Å². The molecule has 10 heteroatoms. The van der Waals surface area contributed by atoms with Crippen LogP contribution in [0.25, 0.3) is 0 Å². The van der Waals surface area contributed by atoms with Gasteiger partial charge < -0.3 is 24.4 Å². The van der Waals surface area contributed by atoms with E-state index in [1.165, 1.54) is 5.56 Å². The molecule has 2 aliphatic heterocycles. The predicted molar refractivity (Wildman–Crippen MR) is 180 cm³/mol. The molecule has 0 aliphatic carbocycles. The zero-order valence-corrected chi connectivity index (χ0v) is 27.7. The van der Waals surface area contributed by atoms with Crippen molar-refractivity contribution in [1.29, 1.82) is 0 Å². The zero-order valence-electron chi connectivity index (χ0n) is 26.4. The quantitative estimate of drug-likeness (QED) is 0.335. The number of benzene rings is 2. The fourth-order valence-corrected chi connectivity index (χ4v) is 5.37. The summed E-state index contributed by atoms with van der Waals surface area (Å²) in [5, 5.41) is 5.05. The van der Waals surface area contributed by atoms with Crippen LogP contribution in [0, 0.1) is 0 Å². The maximum Gasteiger partial charge on any atom is 0.410 e. The summed E-state index contributed by atoms with van der Waals surface area (Å²) < 4.78 is 32.0. The van der Waals surface area contributed by atoms with E-state index in [1.54, 1.807) is 14.2 Å². The highest BCUT2D eigenvalue weighted by Crippen LogP contribution is 2.25. The molecule has 246 valence electrons. The Morgan fingerprint density at radius 3 is 1.93 bits per heavy atom. The van der Waals surface area contributed by atoms with Crippen LogP contribution in [-0.4, -0.2) is 75.3 Å². The maximum atomic E-state index is 12.5. The Morgan fingerprint density at radius 1 is 0.953 bits per heavy atom. The summed E-state index contributed by atoms with van der Waals surface area (Å²) in [6, 6.07) is 16.5. The van der Waals surface area contributed by atoms with Crippen molar-refractivity contribution < 1.29 is 24.8 Å². The lowest BCUT2D eigenvalue weighted by Gasteiger charge is -2.39. The first-order valence-electron chi connectivity index (χ1n) is 14.8. The van der Waals surface area contributed by atoms with Crippen LogP contribution in [0.15, 0.2) is 48.5 Å². The summed E-state index contributed by atoms with van der Waals surface area (Å²) in [6.07, 6.45) is 6.06. The highest BCUT2D eigenvalue weighted by atomic mass is 35.5. The highest BCUT2D eigenvalue weighted by Gasteiger charge is 2.34. The smallest absolute Gasteiger partial charge is 0.410 e. The summed E-state index contributed by atoms with van der Waals surface area (Å²) in [5.41, 5.74) is 2.00. The molecule has 0 aromatic heterocycles. The number of rotatable bonds is 6. The number of carbonyl (C=O) groups excluding carboxylic acids is 1. The molecule has 6 nitrogen and oxygen atoms in total. The van der Waals surface area contributed by atoms with Crippen molar-refractivity contribution in [3.63, 3.8) is 0 Å². The van der Waals surface area contributed by atoms with Crippen LogP contribution >= 0.6 is 35.6 Å². The number of piperidine rings is 2. The van der Waals surface area contributed by atoms with Gasteiger partial charge in [-0.1, -0.05) is 54.9 Å². The van der Waals surface area contributed by atoms with Gasteiger partial charge in [0, 0.05) is 42.9 Å². The second kappa shape index (κ2) is 21.2. The van der Waals surface area contributed by atoms with Crippen molar-refractivity contribution in [1.82, 2.24) is 10.2 Å². The van der Waals surface area contributed by atoms with Crippen LogP contribution in [0.5, 0.6) is 0 Å². The number of alkyl halides is 1. The summed E-state index contributed by atoms with van der Waals surface area (Å²) in [6.45, 7) is 7.38. The van der Waals surface area contributed by atoms with Crippen molar-refractivity contribution in [2.24, 2.45) is 0 Å². The second-order valence-corrected chi connectivity index (χ2v) is 12.3. The Balaban J connectivity index is 0.000000773. The molecule has 4 atom stereocenters. The third-order valence-electron chi connectivity index (χ3n) is 7.19. The van der Waals surface area contributed by atoms with Gasteiger partial charge in [0.15, 0.2) is 0 Å². The fraction of sp³-hybridized carbons (Fsp3) is 0.606. The number of ether oxygens (including phenoxy) is 3. The molecule has 4 rings (SSSR count). The topological polar surface area (TPSA) is 60.0 Å². The fourth-order valence-electron chi connectivity index (χ4n) is 5.12. The normalized spacial score (nSPS) is 21.8. The zero-order chi connectivity index (χ0) is 31.1. The van der Waals surface area contributed by atoms with Crippen molar-refractivity contribution in [3.8, 4) is 0 Å². The van der Waals surface area contributed by atoms with Gasteiger partial charge >= 0.3 is 6.09 Å². The average Bonchev–Trinajstić information content (AvgIpc) is 2.95. The van der Waals surface area contributed by atoms with Gasteiger partial charge in [-0.15, -0.1) is 12.4 Å². The Labute approximate surface area is 276 Å². The molecule has 2 saturated heterocycles. The van der Waals surface area contributed by atoms with Crippen LogP contribution < -0.4 is 5.32 Å². The van der Waals surface area contributed by atoms with Gasteiger partial charge in [-0.25, -0.2) is 4.79 Å². The maximum absolute atomic E-state index is 12.5. The highest BCUT2D eigenvalue weighted by molar-refractivity contribution is 6.30. The molecule has 0 saturated carbocycles. The first-order valence-corrected chi connectivity index (χ1v) is 14.9. The summed E-state index contributed by atoms with van der Waals surface area (Å²) >= 11 is 11.8. The van der Waals surface area contributed by atoms with Gasteiger partial charge in [0.2, 0.25) is 0 Å². The Morgan fingerprint density at radius 2 is 1.44 bits per heavy atom. The molecule has 0 spiro atoms. The molecule has 2 aromatic carbocycles. The van der Waals surface area contributed by atoms with E-state index in [4.69, 9.17) is 38.8 Å². The monoisotopic (exact) mass is 665 g/mol. The number of nitrogens with one attached hydrogen (secondary N) is 1. The predicted octanol–water partition coefficient (Wildman–Crippen LogP) is 8.59. The number of halogens is 4. The number of likely N-dealkylation sites (tertiary alicyclic amines) is 1. The minimum atomic E-state index is -1.00. The van der Waals surface area contributed by atoms with Gasteiger partial charge in [-0.3, -0.25) is 4.39 Å². The SMILES string of the molecule is C.CO[C@@H]1CCN(C(=O)OC(C)(C)C)[C@@H](Cc2ccc(Cl)cc2)C1.CO[C@@H]1CCN[C@@H](Cc2ccc(Cl)cc2)C1.Cl.[2H]CF. The Hall–Kier alpha value is -1.61. The van der Waals surface area contributed by atoms with Crippen molar-refractivity contribution in [2.75, 3.05) is 34.5 Å². The lowest BCUT2D eigenvalue weighted by atomic mass is 9.94. The second-order valence-electron chi connectivity index (χ2n) is 11.4. The number of hydrogen-bond acceptors (Lipinski definition) is 5. The Bertz CT molecular complexity index is 1040. The van der Waals surface area contributed by atoms with Gasteiger partial charge in [0.05, 0.1) is 20.7 Å². The summed E-state index contributed by atoms with van der Waals surface area (Å²) in [7, 11) is 2.53. The van der Waals surface area contributed by atoms with Crippen molar-refractivity contribution in [3.05, 3.63) is 69.7 Å². The van der Waals surface area contributed by atoms with E-state index in [0.29, 0.717) is 18.7 Å². The minimum absolute atomic E-state index is 0. The number of hydrogen-bond donors (Lipinski definition) is 1. The van der Waals surface area contributed by atoms with E-state index in [9.17, 15) is 9.18 Å². The molecule has 1 N–H and O–H groups in total. The lowest BCUT2D eigenvalue weighted by Crippen LogP contribution is -2.50. The molecule has 2 heterocycles. The van der Waals surface area contributed by atoms with Crippen LogP contribution in [0.3, 0.4) is 0 Å².